The third kappa shape index (κ3) is 5.66. The molecule has 26 heavy (non-hydrogen) atoms. The molecule has 2 aromatic carbocycles. The van der Waals surface area contributed by atoms with Gasteiger partial charge in [0.2, 0.25) is 5.91 Å². The van der Waals surface area contributed by atoms with Gasteiger partial charge < -0.3 is 15.4 Å². The minimum Gasteiger partial charge on any atom is -0.379 e. The van der Waals surface area contributed by atoms with Crippen LogP contribution in [-0.2, 0) is 29.2 Å². The van der Waals surface area contributed by atoms with Crippen LogP contribution in [0.5, 0.6) is 0 Å². The van der Waals surface area contributed by atoms with Gasteiger partial charge in [-0.1, -0.05) is 36.4 Å². The predicted molar refractivity (Wildman–Crippen MR) is 104 cm³/mol. The van der Waals surface area contributed by atoms with Gasteiger partial charge in [-0.05, 0) is 28.8 Å². The summed E-state index contributed by atoms with van der Waals surface area (Å²) < 4.78 is 5.43. The maximum atomic E-state index is 11.1. The third-order valence-electron chi connectivity index (χ3n) is 4.53. The first-order chi connectivity index (χ1) is 12.7. The van der Waals surface area contributed by atoms with Crippen LogP contribution in [0.1, 0.15) is 23.6 Å². The molecule has 0 aromatic heterocycles. The second-order valence-electron chi connectivity index (χ2n) is 6.64. The van der Waals surface area contributed by atoms with Gasteiger partial charge in [0.15, 0.2) is 0 Å². The Morgan fingerprint density at radius 1 is 1.00 bits per heavy atom. The zero-order chi connectivity index (χ0) is 18.2. The standard InChI is InChI=1S/C21H27N3O2/c1-17(25)23-21-8-6-18(7-9-21)14-22-15-19-4-2-3-5-20(19)16-24-10-12-26-13-11-24/h2-9,22H,10-16H2,1H3,(H,23,25). The van der Waals surface area contributed by atoms with Crippen molar-refractivity contribution in [3.05, 3.63) is 65.2 Å². The number of carbonyl (C=O) groups is 1. The molecule has 0 atom stereocenters. The zero-order valence-corrected chi connectivity index (χ0v) is 15.3. The maximum Gasteiger partial charge on any atom is 0.221 e. The van der Waals surface area contributed by atoms with E-state index < -0.39 is 0 Å². The summed E-state index contributed by atoms with van der Waals surface area (Å²) in [5, 5.41) is 6.31. The lowest BCUT2D eigenvalue weighted by atomic mass is 10.1. The van der Waals surface area contributed by atoms with E-state index in [-0.39, 0.29) is 5.91 Å². The minimum atomic E-state index is -0.0484. The molecule has 0 saturated carbocycles. The topological polar surface area (TPSA) is 53.6 Å². The first kappa shape index (κ1) is 18.6. The van der Waals surface area contributed by atoms with Crippen molar-refractivity contribution < 1.29 is 9.53 Å². The molecule has 0 aliphatic carbocycles. The fourth-order valence-electron chi connectivity index (χ4n) is 3.14. The van der Waals surface area contributed by atoms with E-state index in [1.54, 1.807) is 0 Å². The Bertz CT molecular complexity index is 709. The highest BCUT2D eigenvalue weighted by Crippen LogP contribution is 2.14. The van der Waals surface area contributed by atoms with Crippen LogP contribution in [0.4, 0.5) is 5.69 Å². The number of benzene rings is 2. The average molecular weight is 353 g/mol. The van der Waals surface area contributed by atoms with Crippen LogP contribution in [0.2, 0.25) is 0 Å². The normalized spacial score (nSPS) is 15.0. The van der Waals surface area contributed by atoms with Gasteiger partial charge in [0.1, 0.15) is 0 Å². The summed E-state index contributed by atoms with van der Waals surface area (Å²) in [6.45, 7) is 7.80. The number of rotatable bonds is 7. The number of ether oxygens (including phenoxy) is 1. The van der Waals surface area contributed by atoms with Crippen LogP contribution in [-0.4, -0.2) is 37.1 Å². The van der Waals surface area contributed by atoms with E-state index >= 15 is 0 Å². The summed E-state index contributed by atoms with van der Waals surface area (Å²) in [5.74, 6) is -0.0484. The van der Waals surface area contributed by atoms with Crippen molar-refractivity contribution in [3.63, 3.8) is 0 Å². The molecule has 5 heteroatoms. The minimum absolute atomic E-state index is 0.0484. The predicted octanol–water partition coefficient (Wildman–Crippen LogP) is 2.77. The van der Waals surface area contributed by atoms with Gasteiger partial charge in [0, 0.05) is 45.3 Å². The Labute approximate surface area is 155 Å². The fourth-order valence-corrected chi connectivity index (χ4v) is 3.14. The largest absolute Gasteiger partial charge is 0.379 e. The zero-order valence-electron chi connectivity index (χ0n) is 15.3. The van der Waals surface area contributed by atoms with E-state index in [1.165, 1.54) is 23.6 Å². The molecule has 2 N–H and O–H groups in total. The van der Waals surface area contributed by atoms with Crippen molar-refractivity contribution in [1.29, 1.82) is 0 Å². The summed E-state index contributed by atoms with van der Waals surface area (Å²) in [5.41, 5.74) is 4.75. The van der Waals surface area contributed by atoms with Crippen molar-refractivity contribution in [2.24, 2.45) is 0 Å². The van der Waals surface area contributed by atoms with Crippen molar-refractivity contribution >= 4 is 11.6 Å². The number of hydrogen-bond acceptors (Lipinski definition) is 4. The monoisotopic (exact) mass is 353 g/mol. The quantitative estimate of drug-likeness (QED) is 0.804. The van der Waals surface area contributed by atoms with Gasteiger partial charge in [-0.2, -0.15) is 0 Å². The molecule has 0 bridgehead atoms. The second-order valence-corrected chi connectivity index (χ2v) is 6.64. The van der Waals surface area contributed by atoms with Gasteiger partial charge in [-0.15, -0.1) is 0 Å². The van der Waals surface area contributed by atoms with Crippen LogP contribution in [0, 0.1) is 0 Å². The number of hydrogen-bond donors (Lipinski definition) is 2. The number of carbonyl (C=O) groups excluding carboxylic acids is 1. The van der Waals surface area contributed by atoms with Gasteiger partial charge in [0.25, 0.3) is 0 Å². The molecular weight excluding hydrogens is 326 g/mol. The Hall–Kier alpha value is -2.21. The van der Waals surface area contributed by atoms with Crippen LogP contribution in [0.3, 0.4) is 0 Å². The first-order valence-electron chi connectivity index (χ1n) is 9.15. The van der Waals surface area contributed by atoms with Crippen molar-refractivity contribution in [2.45, 2.75) is 26.6 Å². The molecule has 1 aliphatic rings. The lowest BCUT2D eigenvalue weighted by molar-refractivity contribution is -0.114. The number of amides is 1. The second kappa shape index (κ2) is 9.48. The molecule has 1 fully saturated rings. The molecule has 1 aliphatic heterocycles. The number of morpholine rings is 1. The average Bonchev–Trinajstić information content (AvgIpc) is 2.65. The highest BCUT2D eigenvalue weighted by molar-refractivity contribution is 5.88. The van der Waals surface area contributed by atoms with Crippen molar-refractivity contribution in [1.82, 2.24) is 10.2 Å². The van der Waals surface area contributed by atoms with Gasteiger partial charge in [0.05, 0.1) is 13.2 Å². The van der Waals surface area contributed by atoms with Crippen molar-refractivity contribution in [2.75, 3.05) is 31.6 Å². The fraction of sp³-hybridized carbons (Fsp3) is 0.381. The molecule has 5 nitrogen and oxygen atoms in total. The molecule has 0 radical (unpaired) electrons. The Kier molecular flexibility index (Phi) is 6.77. The molecule has 0 spiro atoms. The SMILES string of the molecule is CC(=O)Nc1ccc(CNCc2ccccc2CN2CCOCC2)cc1. The molecule has 2 aromatic rings. The number of anilines is 1. The molecular formula is C21H27N3O2. The summed E-state index contributed by atoms with van der Waals surface area (Å²) in [7, 11) is 0. The third-order valence-corrected chi connectivity index (χ3v) is 4.53. The van der Waals surface area contributed by atoms with Crippen molar-refractivity contribution in [3.8, 4) is 0 Å². The Morgan fingerprint density at radius 2 is 1.69 bits per heavy atom. The summed E-state index contributed by atoms with van der Waals surface area (Å²) in [4.78, 5) is 13.5. The lowest BCUT2D eigenvalue weighted by Gasteiger charge is -2.27. The summed E-state index contributed by atoms with van der Waals surface area (Å²) in [6, 6.07) is 16.6. The summed E-state index contributed by atoms with van der Waals surface area (Å²) in [6.07, 6.45) is 0. The van der Waals surface area contributed by atoms with E-state index in [2.05, 4.69) is 39.8 Å². The smallest absolute Gasteiger partial charge is 0.221 e. The molecule has 0 unspecified atom stereocenters. The van der Waals surface area contributed by atoms with E-state index in [4.69, 9.17) is 4.74 Å². The molecule has 138 valence electrons. The van der Waals surface area contributed by atoms with E-state index in [0.717, 1.165) is 51.6 Å². The van der Waals surface area contributed by atoms with E-state index in [1.807, 2.05) is 24.3 Å². The summed E-state index contributed by atoms with van der Waals surface area (Å²) >= 11 is 0. The number of nitrogens with zero attached hydrogens (tertiary/aromatic N) is 1. The number of nitrogens with one attached hydrogen (secondary N) is 2. The molecule has 1 amide bonds. The van der Waals surface area contributed by atoms with E-state index in [0.29, 0.717) is 0 Å². The Morgan fingerprint density at radius 3 is 2.38 bits per heavy atom. The highest BCUT2D eigenvalue weighted by atomic mass is 16.5. The van der Waals surface area contributed by atoms with Crippen LogP contribution in [0.15, 0.2) is 48.5 Å². The van der Waals surface area contributed by atoms with Gasteiger partial charge in [-0.25, -0.2) is 0 Å². The van der Waals surface area contributed by atoms with Crippen LogP contribution in [0.25, 0.3) is 0 Å². The molecule has 3 rings (SSSR count). The van der Waals surface area contributed by atoms with Crippen LogP contribution >= 0.6 is 0 Å². The van der Waals surface area contributed by atoms with Crippen LogP contribution < -0.4 is 10.6 Å². The first-order valence-corrected chi connectivity index (χ1v) is 9.15. The highest BCUT2D eigenvalue weighted by Gasteiger charge is 2.12. The molecule has 1 heterocycles. The maximum absolute atomic E-state index is 11.1. The lowest BCUT2D eigenvalue weighted by Crippen LogP contribution is -2.36. The van der Waals surface area contributed by atoms with E-state index in [9.17, 15) is 4.79 Å². The Balaban J connectivity index is 1.52. The van der Waals surface area contributed by atoms with Gasteiger partial charge >= 0.3 is 0 Å². The molecule has 1 saturated heterocycles. The van der Waals surface area contributed by atoms with Gasteiger partial charge in [-0.3, -0.25) is 9.69 Å².